The van der Waals surface area contributed by atoms with Gasteiger partial charge in [0.2, 0.25) is 11.8 Å². The van der Waals surface area contributed by atoms with Crippen molar-refractivity contribution in [1.29, 1.82) is 5.26 Å². The summed E-state index contributed by atoms with van der Waals surface area (Å²) in [5.41, 5.74) is 22.8. The molecule has 4 atom stereocenters. The van der Waals surface area contributed by atoms with Crippen LogP contribution in [0.15, 0.2) is 60.7 Å². The van der Waals surface area contributed by atoms with Crippen LogP contribution in [0.3, 0.4) is 0 Å². The first-order chi connectivity index (χ1) is 33.3. The SMILES string of the molecule is Cc1nc(-c2ccc(C(C)(C)C)cc2)nc(C)c1C(=O)NCC(=O)C[C@@H](CCN)C(=O)N(C)[C@@H]1C(=O)C[C@@H](C)C(=O)N[C@H](C(=O)CCC#N)Cc2ccc(OCCN)c(c2)-c2cc1ccc2OCCN. The van der Waals surface area contributed by atoms with Gasteiger partial charge in [0.05, 0.1) is 35.6 Å². The molecule has 0 fully saturated rings. The van der Waals surface area contributed by atoms with Crippen molar-refractivity contribution < 1.29 is 38.2 Å². The lowest BCUT2D eigenvalue weighted by Gasteiger charge is -2.32. The Balaban J connectivity index is 1.46. The normalized spacial score (nSPS) is 16.5. The van der Waals surface area contributed by atoms with Crippen molar-refractivity contribution in [2.45, 2.75) is 97.6 Å². The van der Waals surface area contributed by atoms with E-state index in [-0.39, 0.29) is 88.1 Å². The van der Waals surface area contributed by atoms with E-state index in [4.69, 9.17) is 26.7 Å². The van der Waals surface area contributed by atoms with E-state index >= 15 is 0 Å². The lowest BCUT2D eigenvalue weighted by Crippen LogP contribution is -2.46. The number of aryl methyl sites for hydroxylation is 2. The molecule has 1 aliphatic rings. The van der Waals surface area contributed by atoms with E-state index in [0.29, 0.717) is 51.0 Å². The summed E-state index contributed by atoms with van der Waals surface area (Å²) in [7, 11) is 1.46. The molecule has 17 nitrogen and oxygen atoms in total. The fourth-order valence-corrected chi connectivity index (χ4v) is 8.55. The molecule has 0 radical (unpaired) electrons. The van der Waals surface area contributed by atoms with Crippen LogP contribution < -0.4 is 37.3 Å². The number of fused-ring (bicyclic) bond motifs is 5. The Morgan fingerprint density at radius 3 is 2.09 bits per heavy atom. The number of nitrogens with one attached hydrogen (secondary N) is 2. The van der Waals surface area contributed by atoms with Crippen LogP contribution >= 0.6 is 0 Å². The number of aromatic nitrogens is 2. The van der Waals surface area contributed by atoms with Crippen molar-refractivity contribution in [3.05, 3.63) is 94.3 Å². The fourth-order valence-electron chi connectivity index (χ4n) is 8.55. The Morgan fingerprint density at radius 2 is 1.50 bits per heavy atom. The second-order valence-corrected chi connectivity index (χ2v) is 18.8. The molecule has 0 unspecified atom stereocenters. The number of benzene rings is 3. The molecule has 4 aromatic rings. The topological polar surface area (TPSA) is 276 Å². The number of amides is 3. The Hall–Kier alpha value is -6.87. The number of rotatable bonds is 19. The summed E-state index contributed by atoms with van der Waals surface area (Å²) < 4.78 is 12.2. The highest BCUT2D eigenvalue weighted by atomic mass is 16.5. The number of nitriles is 1. The lowest BCUT2D eigenvalue weighted by atomic mass is 9.86. The third-order valence-corrected chi connectivity index (χ3v) is 12.3. The van der Waals surface area contributed by atoms with Crippen molar-refractivity contribution in [2.75, 3.05) is 46.4 Å². The first-order valence-electron chi connectivity index (χ1n) is 23.7. The monoisotopic (exact) mass is 958 g/mol. The van der Waals surface area contributed by atoms with Gasteiger partial charge < -0.3 is 42.2 Å². The maximum Gasteiger partial charge on any atom is 0.255 e. The zero-order chi connectivity index (χ0) is 51.3. The van der Waals surface area contributed by atoms with Gasteiger partial charge in [0.15, 0.2) is 23.2 Å². The van der Waals surface area contributed by atoms with Gasteiger partial charge in [0.25, 0.3) is 5.91 Å². The standard InChI is InChI=1S/C53H67N9O8/c1-31-25-44(65)48(36-13-17-46(70-24-22-57)41(29-36)40-26-34(10-16-45(40)69-23-21-56)27-42(61-50(31)66)43(64)9-8-19-54)62(7)52(68)37(18-20-55)28-39(63)30-58-51(67)47-32(2)59-49(60-33(47)3)35-11-14-38(15-12-35)53(4,5)6/h10-17,26,29,31,37,42,48H,8-9,18,20-25,27-28,30,55-57H2,1-7H3,(H,58,67)(H,61,66)/t31-,37-,42+,48+/m1/s1. The molecule has 4 bridgehead atoms. The maximum atomic E-state index is 14.7. The Labute approximate surface area is 410 Å². The number of ether oxygens (including phenoxy) is 2. The average Bonchev–Trinajstić information content (AvgIpc) is 3.32. The molecule has 17 heteroatoms. The zero-order valence-corrected chi connectivity index (χ0v) is 41.4. The maximum absolute atomic E-state index is 14.7. The van der Waals surface area contributed by atoms with Crippen molar-refractivity contribution in [3.8, 4) is 40.1 Å². The lowest BCUT2D eigenvalue weighted by molar-refractivity contribution is -0.143. The molecule has 70 heavy (non-hydrogen) atoms. The van der Waals surface area contributed by atoms with Gasteiger partial charge in [0.1, 0.15) is 30.8 Å². The number of hydrogen-bond donors (Lipinski definition) is 5. The minimum Gasteiger partial charge on any atom is -0.492 e. The Kier molecular flexibility index (Phi) is 19.0. The molecule has 3 amide bonds. The van der Waals surface area contributed by atoms with Crippen LogP contribution in [0.4, 0.5) is 0 Å². The molecule has 0 saturated carbocycles. The van der Waals surface area contributed by atoms with Crippen LogP contribution in [0.1, 0.15) is 104 Å². The number of Topliss-reactive ketones (excluding diaryl/α,β-unsaturated/α-hetero) is 3. The molecular formula is C53H67N9O8. The van der Waals surface area contributed by atoms with Gasteiger partial charge in [-0.1, -0.05) is 64.1 Å². The minimum atomic E-state index is -1.28. The molecule has 0 spiro atoms. The number of carbonyl (C=O) groups is 6. The van der Waals surface area contributed by atoms with Crippen LogP contribution in [0.2, 0.25) is 0 Å². The van der Waals surface area contributed by atoms with E-state index in [1.54, 1.807) is 57.2 Å². The molecule has 0 saturated heterocycles. The summed E-state index contributed by atoms with van der Waals surface area (Å²) in [5, 5.41) is 14.7. The second-order valence-electron chi connectivity index (χ2n) is 18.8. The summed E-state index contributed by atoms with van der Waals surface area (Å²) in [6.45, 7) is 11.7. The van der Waals surface area contributed by atoms with Crippen LogP contribution in [-0.4, -0.2) is 102 Å². The molecular weight excluding hydrogens is 891 g/mol. The number of carbonyl (C=O) groups excluding carboxylic acids is 6. The van der Waals surface area contributed by atoms with Gasteiger partial charge in [-0.3, -0.25) is 28.8 Å². The van der Waals surface area contributed by atoms with Gasteiger partial charge in [-0.25, -0.2) is 9.97 Å². The molecule has 8 N–H and O–H groups in total. The summed E-state index contributed by atoms with van der Waals surface area (Å²) in [6, 6.07) is 18.0. The quantitative estimate of drug-likeness (QED) is 0.0848. The first kappa shape index (κ1) is 54.1. The molecule has 5 rings (SSSR count). The highest BCUT2D eigenvalue weighted by Gasteiger charge is 2.36. The smallest absolute Gasteiger partial charge is 0.255 e. The number of likely N-dealkylation sites (N-methyl/N-ethyl adjacent to an activating group) is 1. The van der Waals surface area contributed by atoms with Gasteiger partial charge in [0, 0.05) is 74.3 Å². The van der Waals surface area contributed by atoms with Crippen LogP contribution in [0.25, 0.3) is 22.5 Å². The predicted octanol–water partition coefficient (Wildman–Crippen LogP) is 4.76. The molecule has 2 heterocycles. The fraction of sp³-hybridized carbons (Fsp3) is 0.453. The van der Waals surface area contributed by atoms with E-state index in [0.717, 1.165) is 11.1 Å². The molecule has 1 aliphatic heterocycles. The average molecular weight is 958 g/mol. The molecule has 3 aromatic carbocycles. The number of nitrogens with zero attached hydrogens (tertiary/aromatic N) is 4. The zero-order valence-electron chi connectivity index (χ0n) is 41.4. The Morgan fingerprint density at radius 1 is 0.886 bits per heavy atom. The third-order valence-electron chi connectivity index (χ3n) is 12.3. The van der Waals surface area contributed by atoms with Gasteiger partial charge >= 0.3 is 0 Å². The largest absolute Gasteiger partial charge is 0.492 e. The van der Waals surface area contributed by atoms with Crippen LogP contribution in [-0.2, 0) is 35.8 Å². The van der Waals surface area contributed by atoms with E-state index in [1.165, 1.54) is 11.9 Å². The van der Waals surface area contributed by atoms with E-state index in [9.17, 15) is 34.0 Å². The van der Waals surface area contributed by atoms with Gasteiger partial charge in [-0.15, -0.1) is 0 Å². The van der Waals surface area contributed by atoms with Crippen LogP contribution in [0.5, 0.6) is 11.5 Å². The third kappa shape index (κ3) is 13.7. The number of nitrogens with two attached hydrogens (primary N) is 3. The summed E-state index contributed by atoms with van der Waals surface area (Å²) in [4.78, 5) is 94.4. The van der Waals surface area contributed by atoms with E-state index < -0.39 is 59.8 Å². The number of ketones is 3. The highest BCUT2D eigenvalue weighted by Crippen LogP contribution is 2.41. The summed E-state index contributed by atoms with van der Waals surface area (Å²) in [6.07, 6.45) is -0.605. The highest BCUT2D eigenvalue weighted by molar-refractivity contribution is 6.00. The van der Waals surface area contributed by atoms with Crippen LogP contribution in [0, 0.1) is 37.0 Å². The van der Waals surface area contributed by atoms with Crippen molar-refractivity contribution in [3.63, 3.8) is 0 Å². The predicted molar refractivity (Wildman–Crippen MR) is 266 cm³/mol. The van der Waals surface area contributed by atoms with E-state index in [1.807, 2.05) is 30.3 Å². The molecule has 372 valence electrons. The van der Waals surface area contributed by atoms with Crippen molar-refractivity contribution in [1.82, 2.24) is 25.5 Å². The van der Waals surface area contributed by atoms with E-state index in [2.05, 4.69) is 41.4 Å². The summed E-state index contributed by atoms with van der Waals surface area (Å²) in [5.74, 6) is -3.62. The first-order valence-corrected chi connectivity index (χ1v) is 23.7. The molecule has 1 aromatic heterocycles. The van der Waals surface area contributed by atoms with Gasteiger partial charge in [-0.2, -0.15) is 5.26 Å². The summed E-state index contributed by atoms with van der Waals surface area (Å²) >= 11 is 0. The molecule has 0 aliphatic carbocycles. The van der Waals surface area contributed by atoms with Crippen molar-refractivity contribution >= 4 is 35.1 Å². The van der Waals surface area contributed by atoms with Gasteiger partial charge in [-0.05, 0) is 79.6 Å². The second kappa shape index (κ2) is 24.6. The van der Waals surface area contributed by atoms with Crippen molar-refractivity contribution in [2.24, 2.45) is 29.0 Å². The number of hydrogen-bond acceptors (Lipinski definition) is 14. The minimum absolute atomic E-state index is 0.0296. The Bertz CT molecular complexity index is 2580.